The molecule has 4 aromatic carbocycles. The minimum Gasteiger partial charge on any atom is -0.494 e. The zero-order valence-corrected chi connectivity index (χ0v) is 26.5. The first kappa shape index (κ1) is 36.4. The number of benzene rings is 4. The first-order valence-electron chi connectivity index (χ1n) is 14.5. The average molecular weight is 676 g/mol. The molecule has 11 heteroatoms. The summed E-state index contributed by atoms with van der Waals surface area (Å²) in [6.07, 6.45) is -3.99. The molecule has 0 bridgehead atoms. The molecule has 6 nitrogen and oxygen atoms in total. The van der Waals surface area contributed by atoms with Crippen molar-refractivity contribution in [2.75, 3.05) is 26.2 Å². The fraction of sp³-hybridized carbons (Fsp3) is 0.257. The molecule has 0 aliphatic heterocycles. The topological polar surface area (TPSA) is 78.9 Å². The molecule has 2 N–H and O–H groups in total. The second-order valence-electron chi connectivity index (χ2n) is 10.6. The number of halogens is 5. The Morgan fingerprint density at radius 1 is 0.891 bits per heavy atom. The Morgan fingerprint density at radius 3 is 2.13 bits per heavy atom. The van der Waals surface area contributed by atoms with Crippen molar-refractivity contribution >= 4 is 35.9 Å². The van der Waals surface area contributed by atoms with Crippen LogP contribution in [0.1, 0.15) is 40.2 Å². The molecule has 0 saturated heterocycles. The standard InChI is InChI=1S/C35H34ClF3N2O4.ClH/c36-34-28(15-8-17-31(34)35(37,38)39)23-41(24-30(26-11-3-1-4-12-26)27-13-5-2-6-14-27)18-9-19-45-29-16-7-10-25(20-29)21-32(42)40-22-33(43)44;/h1-8,10-17,20,30H,9,18-19,21-24H2,(H,40,42)(H,43,44);1H. The van der Waals surface area contributed by atoms with Crippen LogP contribution in [0.25, 0.3) is 0 Å². The van der Waals surface area contributed by atoms with Gasteiger partial charge in [-0.15, -0.1) is 12.4 Å². The molecule has 46 heavy (non-hydrogen) atoms. The van der Waals surface area contributed by atoms with E-state index in [1.807, 2.05) is 60.7 Å². The van der Waals surface area contributed by atoms with E-state index in [1.165, 1.54) is 6.07 Å². The number of rotatable bonds is 15. The van der Waals surface area contributed by atoms with Gasteiger partial charge in [-0.2, -0.15) is 13.2 Å². The SMILES string of the molecule is Cl.O=C(O)CNC(=O)Cc1cccc(OCCCN(Cc2cccc(C(F)(F)F)c2Cl)CC(c2ccccc2)c2ccccc2)c1. The molecule has 0 aliphatic carbocycles. The van der Waals surface area contributed by atoms with Crippen molar-refractivity contribution in [1.29, 1.82) is 0 Å². The fourth-order valence-corrected chi connectivity index (χ4v) is 5.37. The third-order valence-corrected chi connectivity index (χ3v) is 7.66. The third-order valence-electron chi connectivity index (χ3n) is 7.21. The zero-order chi connectivity index (χ0) is 32.2. The van der Waals surface area contributed by atoms with Crippen LogP contribution in [0.15, 0.2) is 103 Å². The summed E-state index contributed by atoms with van der Waals surface area (Å²) in [5, 5.41) is 10.8. The molecule has 0 unspecified atom stereocenters. The molecule has 0 aliphatic rings. The summed E-state index contributed by atoms with van der Waals surface area (Å²) >= 11 is 6.31. The van der Waals surface area contributed by atoms with E-state index in [-0.39, 0.29) is 36.3 Å². The normalized spacial score (nSPS) is 11.3. The monoisotopic (exact) mass is 674 g/mol. The number of carbonyl (C=O) groups excluding carboxylic acids is 1. The summed E-state index contributed by atoms with van der Waals surface area (Å²) < 4.78 is 46.9. The first-order valence-corrected chi connectivity index (χ1v) is 14.8. The van der Waals surface area contributed by atoms with Gasteiger partial charge in [0, 0.05) is 25.6 Å². The van der Waals surface area contributed by atoms with Gasteiger partial charge in [0.25, 0.3) is 0 Å². The molecule has 0 fully saturated rings. The maximum Gasteiger partial charge on any atom is 0.417 e. The highest BCUT2D eigenvalue weighted by atomic mass is 35.5. The van der Waals surface area contributed by atoms with Crippen LogP contribution >= 0.6 is 24.0 Å². The Hall–Kier alpha value is -4.05. The lowest BCUT2D eigenvalue weighted by Gasteiger charge is -2.29. The van der Waals surface area contributed by atoms with Gasteiger partial charge in [0.2, 0.25) is 5.91 Å². The van der Waals surface area contributed by atoms with E-state index in [0.717, 1.165) is 17.2 Å². The van der Waals surface area contributed by atoms with Gasteiger partial charge in [-0.1, -0.05) is 96.5 Å². The molecule has 0 spiro atoms. The van der Waals surface area contributed by atoms with E-state index >= 15 is 0 Å². The second kappa shape index (κ2) is 17.6. The summed E-state index contributed by atoms with van der Waals surface area (Å²) in [6, 6.07) is 30.9. The number of ether oxygens (including phenoxy) is 1. The number of amides is 1. The molecular formula is C35H35Cl2F3N2O4. The van der Waals surface area contributed by atoms with Gasteiger partial charge >= 0.3 is 12.1 Å². The Morgan fingerprint density at radius 2 is 1.52 bits per heavy atom. The molecule has 4 aromatic rings. The van der Waals surface area contributed by atoms with Crippen LogP contribution in [-0.4, -0.2) is 48.1 Å². The number of carboxylic acid groups (broad SMARTS) is 1. The van der Waals surface area contributed by atoms with Crippen LogP contribution in [0.3, 0.4) is 0 Å². The number of alkyl halides is 3. The van der Waals surface area contributed by atoms with Gasteiger partial charge in [-0.05, 0) is 46.9 Å². The van der Waals surface area contributed by atoms with Crippen molar-refractivity contribution in [2.24, 2.45) is 0 Å². The predicted octanol–water partition coefficient (Wildman–Crippen LogP) is 7.63. The Kier molecular flexibility index (Phi) is 13.9. The highest BCUT2D eigenvalue weighted by Gasteiger charge is 2.34. The quantitative estimate of drug-likeness (QED) is 0.127. The van der Waals surface area contributed by atoms with Crippen LogP contribution < -0.4 is 10.1 Å². The Bertz CT molecular complexity index is 1520. The molecular weight excluding hydrogens is 640 g/mol. The minimum absolute atomic E-state index is 0. The van der Waals surface area contributed by atoms with Crippen molar-refractivity contribution in [2.45, 2.75) is 31.5 Å². The number of nitrogens with one attached hydrogen (secondary N) is 1. The highest BCUT2D eigenvalue weighted by molar-refractivity contribution is 6.32. The van der Waals surface area contributed by atoms with Gasteiger partial charge in [0.15, 0.2) is 0 Å². The van der Waals surface area contributed by atoms with Crippen LogP contribution in [0.4, 0.5) is 13.2 Å². The van der Waals surface area contributed by atoms with E-state index in [4.69, 9.17) is 21.4 Å². The Labute approximate surface area is 277 Å². The van der Waals surface area contributed by atoms with Gasteiger partial charge < -0.3 is 15.2 Å². The number of hydrogen-bond acceptors (Lipinski definition) is 4. The molecule has 0 atom stereocenters. The van der Waals surface area contributed by atoms with E-state index in [9.17, 15) is 22.8 Å². The maximum atomic E-state index is 13.6. The van der Waals surface area contributed by atoms with Crippen LogP contribution in [0.2, 0.25) is 5.02 Å². The zero-order valence-electron chi connectivity index (χ0n) is 24.9. The van der Waals surface area contributed by atoms with Gasteiger partial charge in [0.1, 0.15) is 12.3 Å². The predicted molar refractivity (Wildman–Crippen MR) is 175 cm³/mol. The molecule has 4 rings (SSSR count). The highest BCUT2D eigenvalue weighted by Crippen LogP contribution is 2.37. The average Bonchev–Trinajstić information content (AvgIpc) is 3.02. The van der Waals surface area contributed by atoms with E-state index in [2.05, 4.69) is 10.2 Å². The number of carboxylic acids is 1. The van der Waals surface area contributed by atoms with Crippen molar-refractivity contribution in [3.05, 3.63) is 136 Å². The van der Waals surface area contributed by atoms with Crippen LogP contribution in [-0.2, 0) is 28.7 Å². The van der Waals surface area contributed by atoms with E-state index in [1.54, 1.807) is 30.3 Å². The summed E-state index contributed by atoms with van der Waals surface area (Å²) in [6.45, 7) is 1.12. The van der Waals surface area contributed by atoms with Crippen molar-refractivity contribution in [3.63, 3.8) is 0 Å². The molecule has 1 amide bonds. The lowest BCUT2D eigenvalue weighted by atomic mass is 9.90. The van der Waals surface area contributed by atoms with Crippen LogP contribution in [0, 0.1) is 0 Å². The first-order chi connectivity index (χ1) is 21.6. The number of carbonyl (C=O) groups is 2. The van der Waals surface area contributed by atoms with E-state index < -0.39 is 30.2 Å². The largest absolute Gasteiger partial charge is 0.494 e. The molecule has 0 heterocycles. The third kappa shape index (κ3) is 11.1. The lowest BCUT2D eigenvalue weighted by molar-refractivity contribution is -0.138. The molecule has 0 saturated carbocycles. The van der Waals surface area contributed by atoms with Gasteiger partial charge in [-0.25, -0.2) is 0 Å². The molecule has 0 aromatic heterocycles. The number of nitrogens with zero attached hydrogens (tertiary/aromatic N) is 1. The minimum atomic E-state index is -4.56. The fourth-order valence-electron chi connectivity index (χ4n) is 5.07. The van der Waals surface area contributed by atoms with Crippen molar-refractivity contribution in [1.82, 2.24) is 10.2 Å². The Balaban J connectivity index is 0.00000576. The van der Waals surface area contributed by atoms with Crippen molar-refractivity contribution in [3.8, 4) is 5.75 Å². The summed E-state index contributed by atoms with van der Waals surface area (Å²) in [5.41, 5.74) is 2.38. The molecule has 0 radical (unpaired) electrons. The molecule has 244 valence electrons. The lowest BCUT2D eigenvalue weighted by Crippen LogP contribution is -2.31. The smallest absolute Gasteiger partial charge is 0.417 e. The maximum absolute atomic E-state index is 13.6. The van der Waals surface area contributed by atoms with E-state index in [0.29, 0.717) is 43.0 Å². The summed E-state index contributed by atoms with van der Waals surface area (Å²) in [5.74, 6) is -1.02. The second-order valence-corrected chi connectivity index (χ2v) is 11.0. The summed E-state index contributed by atoms with van der Waals surface area (Å²) in [4.78, 5) is 24.8. The number of aliphatic carboxylic acids is 1. The van der Waals surface area contributed by atoms with Gasteiger partial charge in [0.05, 0.1) is 23.6 Å². The summed E-state index contributed by atoms with van der Waals surface area (Å²) in [7, 11) is 0. The number of hydrogen-bond donors (Lipinski definition) is 2. The van der Waals surface area contributed by atoms with Gasteiger partial charge in [-0.3, -0.25) is 14.5 Å². The van der Waals surface area contributed by atoms with Crippen molar-refractivity contribution < 1.29 is 32.6 Å². The van der Waals surface area contributed by atoms with Crippen LogP contribution in [0.5, 0.6) is 5.75 Å².